The van der Waals surface area contributed by atoms with Crippen molar-refractivity contribution >= 4 is 0 Å². The molecule has 2 N–H and O–H groups in total. The first-order chi connectivity index (χ1) is 7.86. The minimum atomic E-state index is 0.229. The maximum absolute atomic E-state index is 6.21. The van der Waals surface area contributed by atoms with Gasteiger partial charge in [0.15, 0.2) is 0 Å². The lowest BCUT2D eigenvalue weighted by Crippen LogP contribution is -2.13. The molecule has 1 heterocycles. The van der Waals surface area contributed by atoms with E-state index in [-0.39, 0.29) is 6.04 Å². The van der Waals surface area contributed by atoms with Crippen LogP contribution < -0.4 is 5.73 Å². The first-order valence-electron chi connectivity index (χ1n) is 6.68. The van der Waals surface area contributed by atoms with Gasteiger partial charge in [0.2, 0.25) is 0 Å². The van der Waals surface area contributed by atoms with E-state index >= 15 is 0 Å². The molecule has 0 amide bonds. The highest BCUT2D eigenvalue weighted by Crippen LogP contribution is 2.34. The van der Waals surface area contributed by atoms with Crippen molar-refractivity contribution in [1.82, 2.24) is 9.78 Å². The summed E-state index contributed by atoms with van der Waals surface area (Å²) in [6.45, 7) is 0. The van der Waals surface area contributed by atoms with E-state index in [0.717, 1.165) is 6.42 Å². The van der Waals surface area contributed by atoms with Crippen molar-refractivity contribution in [2.24, 2.45) is 5.73 Å². The number of nitrogens with zero attached hydrogens (tertiary/aromatic N) is 2. The molecule has 2 aliphatic carbocycles. The van der Waals surface area contributed by atoms with Crippen LogP contribution in [0.15, 0.2) is 6.20 Å². The van der Waals surface area contributed by atoms with Crippen LogP contribution in [0.25, 0.3) is 0 Å². The third kappa shape index (κ3) is 1.67. The van der Waals surface area contributed by atoms with E-state index in [1.165, 1.54) is 56.2 Å². The van der Waals surface area contributed by atoms with Crippen LogP contribution >= 0.6 is 0 Å². The Morgan fingerprint density at radius 3 is 2.69 bits per heavy atom. The lowest BCUT2D eigenvalue weighted by Gasteiger charge is -2.15. The molecule has 3 rings (SSSR count). The molecule has 0 spiro atoms. The topological polar surface area (TPSA) is 43.8 Å². The largest absolute Gasteiger partial charge is 0.324 e. The maximum Gasteiger partial charge on any atom is 0.0540 e. The van der Waals surface area contributed by atoms with Crippen molar-refractivity contribution in [2.75, 3.05) is 0 Å². The fourth-order valence-electron chi connectivity index (χ4n) is 3.25. The highest BCUT2D eigenvalue weighted by Gasteiger charge is 2.25. The van der Waals surface area contributed by atoms with Gasteiger partial charge in [-0.25, -0.2) is 0 Å². The van der Waals surface area contributed by atoms with Crippen molar-refractivity contribution in [3.63, 3.8) is 0 Å². The van der Waals surface area contributed by atoms with E-state index in [0.29, 0.717) is 6.04 Å². The highest BCUT2D eigenvalue weighted by molar-refractivity contribution is 5.23. The molecule has 88 valence electrons. The maximum atomic E-state index is 6.21. The lowest BCUT2D eigenvalue weighted by molar-refractivity contribution is 0.447. The summed E-state index contributed by atoms with van der Waals surface area (Å²) in [5.41, 5.74) is 8.97. The summed E-state index contributed by atoms with van der Waals surface area (Å²) >= 11 is 0. The van der Waals surface area contributed by atoms with E-state index in [4.69, 9.17) is 5.73 Å². The van der Waals surface area contributed by atoms with Gasteiger partial charge in [0.1, 0.15) is 0 Å². The molecule has 1 aromatic heterocycles. The van der Waals surface area contributed by atoms with Crippen LogP contribution in [0.2, 0.25) is 0 Å². The Morgan fingerprint density at radius 2 is 1.88 bits per heavy atom. The summed E-state index contributed by atoms with van der Waals surface area (Å²) in [5, 5.41) is 4.61. The van der Waals surface area contributed by atoms with Crippen LogP contribution in [0, 0.1) is 0 Å². The summed E-state index contributed by atoms with van der Waals surface area (Å²) in [7, 11) is 0. The normalized spacial score (nSPS) is 26.7. The zero-order chi connectivity index (χ0) is 11.0. The van der Waals surface area contributed by atoms with Gasteiger partial charge in [-0.1, -0.05) is 19.3 Å². The van der Waals surface area contributed by atoms with Crippen molar-refractivity contribution in [3.8, 4) is 0 Å². The van der Waals surface area contributed by atoms with Crippen molar-refractivity contribution in [2.45, 2.75) is 63.5 Å². The number of rotatable bonds is 1. The number of fused-ring (bicyclic) bond motifs is 1. The predicted molar refractivity (Wildman–Crippen MR) is 64.2 cm³/mol. The van der Waals surface area contributed by atoms with Gasteiger partial charge in [0.25, 0.3) is 0 Å². The van der Waals surface area contributed by atoms with Crippen LogP contribution in [0.5, 0.6) is 0 Å². The van der Waals surface area contributed by atoms with Crippen molar-refractivity contribution in [1.29, 1.82) is 0 Å². The average molecular weight is 219 g/mol. The molecule has 0 bridgehead atoms. The van der Waals surface area contributed by atoms with Gasteiger partial charge in [0, 0.05) is 17.3 Å². The fraction of sp³-hybridized carbons (Fsp3) is 0.769. The molecule has 1 saturated carbocycles. The molecule has 3 heteroatoms. The quantitative estimate of drug-likeness (QED) is 0.738. The molecule has 1 unspecified atom stereocenters. The Hall–Kier alpha value is -0.830. The molecule has 16 heavy (non-hydrogen) atoms. The van der Waals surface area contributed by atoms with Gasteiger partial charge in [-0.3, -0.25) is 4.68 Å². The number of hydrogen-bond acceptors (Lipinski definition) is 2. The van der Waals surface area contributed by atoms with Gasteiger partial charge in [-0.05, 0) is 32.1 Å². The summed E-state index contributed by atoms with van der Waals surface area (Å²) in [5.74, 6) is 0. The van der Waals surface area contributed by atoms with Gasteiger partial charge >= 0.3 is 0 Å². The van der Waals surface area contributed by atoms with Gasteiger partial charge in [-0.15, -0.1) is 0 Å². The van der Waals surface area contributed by atoms with Crippen LogP contribution in [-0.4, -0.2) is 9.78 Å². The molecule has 1 aromatic rings. The monoisotopic (exact) mass is 219 g/mol. The van der Waals surface area contributed by atoms with Crippen molar-refractivity contribution < 1.29 is 0 Å². The summed E-state index contributed by atoms with van der Waals surface area (Å²) in [6, 6.07) is 0.890. The third-order valence-corrected chi connectivity index (χ3v) is 4.18. The van der Waals surface area contributed by atoms with E-state index in [1.807, 2.05) is 6.20 Å². The highest BCUT2D eigenvalue weighted by atomic mass is 15.3. The SMILES string of the molecule is NC1CCCCc2c1cnn2C1CCCC1. The average Bonchev–Trinajstić information content (AvgIpc) is 2.89. The molecule has 0 aromatic carbocycles. The van der Waals surface area contributed by atoms with E-state index in [1.54, 1.807) is 0 Å². The second-order valence-corrected chi connectivity index (χ2v) is 5.28. The molecular weight excluding hydrogens is 198 g/mol. The zero-order valence-electron chi connectivity index (χ0n) is 9.86. The van der Waals surface area contributed by atoms with Gasteiger partial charge in [-0.2, -0.15) is 5.10 Å². The van der Waals surface area contributed by atoms with Crippen molar-refractivity contribution in [3.05, 3.63) is 17.5 Å². The summed E-state index contributed by atoms with van der Waals surface area (Å²) in [6.07, 6.45) is 12.2. The Bertz CT molecular complexity index is 363. The molecular formula is C13H21N3. The second-order valence-electron chi connectivity index (χ2n) is 5.28. The van der Waals surface area contributed by atoms with E-state index in [2.05, 4.69) is 9.78 Å². The van der Waals surface area contributed by atoms with E-state index < -0.39 is 0 Å². The zero-order valence-corrected chi connectivity index (χ0v) is 9.86. The smallest absolute Gasteiger partial charge is 0.0540 e. The Labute approximate surface area is 97.0 Å². The number of hydrogen-bond donors (Lipinski definition) is 1. The minimum absolute atomic E-state index is 0.229. The van der Waals surface area contributed by atoms with E-state index in [9.17, 15) is 0 Å². The Kier molecular flexibility index (Phi) is 2.72. The molecule has 0 saturated heterocycles. The molecule has 1 atom stereocenters. The Balaban J connectivity index is 1.94. The lowest BCUT2D eigenvalue weighted by atomic mass is 10.1. The van der Waals surface area contributed by atoms with Crippen LogP contribution in [0.3, 0.4) is 0 Å². The van der Waals surface area contributed by atoms with Crippen LogP contribution in [0.4, 0.5) is 0 Å². The predicted octanol–water partition coefficient (Wildman–Crippen LogP) is 2.72. The first kappa shape index (κ1) is 10.3. The molecule has 3 nitrogen and oxygen atoms in total. The van der Waals surface area contributed by atoms with Gasteiger partial charge < -0.3 is 5.73 Å². The molecule has 0 aliphatic heterocycles. The third-order valence-electron chi connectivity index (χ3n) is 4.18. The standard InChI is InChI=1S/C13H21N3/c14-12-7-3-4-8-13-11(12)9-15-16(13)10-5-1-2-6-10/h9-10,12H,1-8,14H2. The first-order valence-corrected chi connectivity index (χ1v) is 6.68. The van der Waals surface area contributed by atoms with Crippen LogP contribution in [-0.2, 0) is 6.42 Å². The number of aromatic nitrogens is 2. The summed E-state index contributed by atoms with van der Waals surface area (Å²) in [4.78, 5) is 0. The van der Waals surface area contributed by atoms with Gasteiger partial charge in [0.05, 0.1) is 12.2 Å². The summed E-state index contributed by atoms with van der Waals surface area (Å²) < 4.78 is 2.30. The number of nitrogens with two attached hydrogens (primary N) is 1. The Morgan fingerprint density at radius 1 is 1.12 bits per heavy atom. The molecule has 2 aliphatic rings. The fourth-order valence-corrected chi connectivity index (χ4v) is 3.25. The molecule has 0 radical (unpaired) electrons. The minimum Gasteiger partial charge on any atom is -0.324 e. The molecule has 1 fully saturated rings. The van der Waals surface area contributed by atoms with Crippen LogP contribution in [0.1, 0.15) is 68.3 Å². The second kappa shape index (κ2) is 4.21.